The molecule has 1 atom stereocenters. The summed E-state index contributed by atoms with van der Waals surface area (Å²) in [6, 6.07) is 17.0. The summed E-state index contributed by atoms with van der Waals surface area (Å²) in [6.45, 7) is 3.09. The molecule has 2 fully saturated rings. The van der Waals surface area contributed by atoms with E-state index in [2.05, 4.69) is 16.5 Å². The van der Waals surface area contributed by atoms with Gasteiger partial charge in [0.1, 0.15) is 12.1 Å². The molecule has 5 nitrogen and oxygen atoms in total. The molecule has 0 aromatic heterocycles. The Hall–Kier alpha value is -2.34. The summed E-state index contributed by atoms with van der Waals surface area (Å²) >= 11 is 0. The molecule has 0 spiro atoms. The lowest BCUT2D eigenvalue weighted by Gasteiger charge is -2.30. The Morgan fingerprint density at radius 2 is 1.80 bits per heavy atom. The van der Waals surface area contributed by atoms with Gasteiger partial charge in [-0.25, -0.2) is 0 Å². The number of nitrogens with zero attached hydrogens (tertiary/aromatic N) is 2. The van der Waals surface area contributed by atoms with Crippen molar-refractivity contribution >= 4 is 16.0 Å². The van der Waals surface area contributed by atoms with Gasteiger partial charge in [0, 0.05) is 6.54 Å². The molecule has 0 radical (unpaired) electrons. The smallest absolute Gasteiger partial charge is 0.304 e. The van der Waals surface area contributed by atoms with Crippen LogP contribution in [0, 0.1) is 6.92 Å². The van der Waals surface area contributed by atoms with Gasteiger partial charge in [-0.2, -0.15) is 8.42 Å². The van der Waals surface area contributed by atoms with Crippen molar-refractivity contribution in [1.82, 2.24) is 4.90 Å². The molecule has 0 aliphatic carbocycles. The molecule has 2 aromatic carbocycles. The molecule has 0 amide bonds. The van der Waals surface area contributed by atoms with Crippen LogP contribution in [-0.2, 0) is 20.3 Å². The van der Waals surface area contributed by atoms with Crippen molar-refractivity contribution in [3.05, 3.63) is 65.7 Å². The Morgan fingerprint density at radius 1 is 1.08 bits per heavy atom. The second-order valence-electron chi connectivity index (χ2n) is 6.60. The molecule has 2 aliphatic rings. The van der Waals surface area contributed by atoms with Gasteiger partial charge in [-0.15, -0.1) is 4.40 Å². The van der Waals surface area contributed by atoms with Crippen LogP contribution in [0.4, 0.5) is 0 Å². The monoisotopic (exact) mass is 356 g/mol. The third-order valence-corrected chi connectivity index (χ3v) is 6.25. The van der Waals surface area contributed by atoms with Crippen molar-refractivity contribution in [2.45, 2.75) is 30.2 Å². The number of rotatable bonds is 3. The summed E-state index contributed by atoms with van der Waals surface area (Å²) in [5.74, 6) is 0. The number of sulfonamides is 1. The standard InChI is InChI=1S/C19H20N2O3S/c1-15-8-10-17(11-9-15)25(22,23)20-18-21-13-5-12-19(21,14-24-18)16-6-3-2-4-7-16/h2-4,6-11H,5,12-14H2,1H3/b20-18+/t19-/m1/s1. The highest BCUT2D eigenvalue weighted by Gasteiger charge is 2.51. The van der Waals surface area contributed by atoms with Crippen LogP contribution < -0.4 is 0 Å². The summed E-state index contributed by atoms with van der Waals surface area (Å²) in [6.07, 6.45) is 1.92. The zero-order valence-corrected chi connectivity index (χ0v) is 14.9. The van der Waals surface area contributed by atoms with E-state index in [1.807, 2.05) is 30.0 Å². The highest BCUT2D eigenvalue weighted by Crippen LogP contribution is 2.43. The molecule has 4 rings (SSSR count). The van der Waals surface area contributed by atoms with Gasteiger partial charge < -0.3 is 9.64 Å². The fourth-order valence-electron chi connectivity index (χ4n) is 3.64. The van der Waals surface area contributed by atoms with E-state index < -0.39 is 10.0 Å². The van der Waals surface area contributed by atoms with E-state index in [-0.39, 0.29) is 16.5 Å². The minimum Gasteiger partial charge on any atom is -0.462 e. The average molecular weight is 356 g/mol. The third-order valence-electron chi connectivity index (χ3n) is 4.99. The van der Waals surface area contributed by atoms with E-state index in [1.54, 1.807) is 24.3 Å². The topological polar surface area (TPSA) is 59.0 Å². The Kier molecular flexibility index (Phi) is 3.80. The zero-order chi connectivity index (χ0) is 17.5. The lowest BCUT2D eigenvalue weighted by Crippen LogP contribution is -2.39. The largest absolute Gasteiger partial charge is 0.462 e. The van der Waals surface area contributed by atoms with Gasteiger partial charge in [-0.05, 0) is 37.5 Å². The first-order valence-electron chi connectivity index (χ1n) is 8.39. The molecule has 6 heteroatoms. The first-order valence-corrected chi connectivity index (χ1v) is 9.83. The summed E-state index contributed by atoms with van der Waals surface area (Å²) in [5.41, 5.74) is 1.85. The van der Waals surface area contributed by atoms with Crippen molar-refractivity contribution in [2.75, 3.05) is 13.2 Å². The van der Waals surface area contributed by atoms with Crippen molar-refractivity contribution in [1.29, 1.82) is 0 Å². The highest BCUT2D eigenvalue weighted by molar-refractivity contribution is 7.90. The van der Waals surface area contributed by atoms with Crippen molar-refractivity contribution in [3.8, 4) is 0 Å². The van der Waals surface area contributed by atoms with Crippen LogP contribution in [0.2, 0.25) is 0 Å². The van der Waals surface area contributed by atoms with E-state index in [0.717, 1.165) is 30.5 Å². The molecular weight excluding hydrogens is 336 g/mol. The normalized spacial score (nSPS) is 24.4. The van der Waals surface area contributed by atoms with Crippen LogP contribution in [0.15, 0.2) is 63.9 Å². The molecule has 0 bridgehead atoms. The fourth-order valence-corrected chi connectivity index (χ4v) is 4.58. The van der Waals surface area contributed by atoms with E-state index >= 15 is 0 Å². The second-order valence-corrected chi connectivity index (χ2v) is 8.21. The van der Waals surface area contributed by atoms with Gasteiger partial charge in [0.2, 0.25) is 0 Å². The van der Waals surface area contributed by atoms with Gasteiger partial charge >= 0.3 is 6.02 Å². The van der Waals surface area contributed by atoms with Crippen LogP contribution in [0.25, 0.3) is 0 Å². The molecule has 0 unspecified atom stereocenters. The van der Waals surface area contributed by atoms with E-state index in [9.17, 15) is 8.42 Å². The summed E-state index contributed by atoms with van der Waals surface area (Å²) in [7, 11) is -3.79. The maximum atomic E-state index is 12.6. The summed E-state index contributed by atoms with van der Waals surface area (Å²) in [5, 5.41) is 0. The Balaban J connectivity index is 1.70. The summed E-state index contributed by atoms with van der Waals surface area (Å²) in [4.78, 5) is 2.19. The van der Waals surface area contributed by atoms with Gasteiger partial charge in [-0.1, -0.05) is 48.0 Å². The minimum atomic E-state index is -3.79. The Bertz CT molecular complexity index is 907. The van der Waals surface area contributed by atoms with Gasteiger partial charge in [0.05, 0.1) is 4.90 Å². The molecule has 0 N–H and O–H groups in total. The third kappa shape index (κ3) is 2.70. The number of aryl methyl sites for hydroxylation is 1. The fraction of sp³-hybridized carbons (Fsp3) is 0.316. The van der Waals surface area contributed by atoms with E-state index in [1.165, 1.54) is 0 Å². The van der Waals surface area contributed by atoms with Crippen LogP contribution in [-0.4, -0.2) is 32.5 Å². The molecule has 2 saturated heterocycles. The molecular formula is C19H20N2O3S. The quantitative estimate of drug-likeness (QED) is 0.848. The first-order chi connectivity index (χ1) is 12.0. The van der Waals surface area contributed by atoms with Crippen LogP contribution >= 0.6 is 0 Å². The number of hydrogen-bond donors (Lipinski definition) is 0. The van der Waals surface area contributed by atoms with Crippen LogP contribution in [0.5, 0.6) is 0 Å². The highest BCUT2D eigenvalue weighted by atomic mass is 32.2. The maximum absolute atomic E-state index is 12.6. The number of hydrogen-bond acceptors (Lipinski definition) is 3. The first kappa shape index (κ1) is 16.1. The molecule has 2 heterocycles. The number of ether oxygens (including phenoxy) is 1. The molecule has 25 heavy (non-hydrogen) atoms. The predicted octanol–water partition coefficient (Wildman–Crippen LogP) is 3.06. The minimum absolute atomic E-state index is 0.186. The van der Waals surface area contributed by atoms with Crippen molar-refractivity contribution in [3.63, 3.8) is 0 Å². The number of benzene rings is 2. The molecule has 2 aliphatic heterocycles. The predicted molar refractivity (Wildman–Crippen MR) is 95.8 cm³/mol. The van der Waals surface area contributed by atoms with Gasteiger partial charge in [0.25, 0.3) is 10.0 Å². The lowest BCUT2D eigenvalue weighted by molar-refractivity contribution is 0.224. The van der Waals surface area contributed by atoms with Crippen LogP contribution in [0.3, 0.4) is 0 Å². The Morgan fingerprint density at radius 3 is 2.52 bits per heavy atom. The second kappa shape index (κ2) is 5.88. The van der Waals surface area contributed by atoms with Gasteiger partial charge in [-0.3, -0.25) is 0 Å². The maximum Gasteiger partial charge on any atom is 0.304 e. The van der Waals surface area contributed by atoms with Gasteiger partial charge in [0.15, 0.2) is 0 Å². The Labute approximate surface area is 148 Å². The lowest BCUT2D eigenvalue weighted by atomic mass is 9.89. The van der Waals surface area contributed by atoms with E-state index in [4.69, 9.17) is 4.74 Å². The summed E-state index contributed by atoms with van der Waals surface area (Å²) < 4.78 is 35.0. The number of amidine groups is 1. The van der Waals surface area contributed by atoms with Crippen molar-refractivity contribution < 1.29 is 13.2 Å². The van der Waals surface area contributed by atoms with E-state index in [0.29, 0.717) is 6.61 Å². The SMILES string of the molecule is Cc1ccc(S(=O)(=O)/N=C2/OC[C@@]3(c4ccccc4)CCCN23)cc1. The zero-order valence-electron chi connectivity index (χ0n) is 14.1. The van der Waals surface area contributed by atoms with Crippen molar-refractivity contribution in [2.24, 2.45) is 4.40 Å². The van der Waals surface area contributed by atoms with Crippen LogP contribution in [0.1, 0.15) is 24.0 Å². The molecule has 0 saturated carbocycles. The average Bonchev–Trinajstić information content (AvgIpc) is 3.17. The number of fused-ring (bicyclic) bond motifs is 1. The molecule has 130 valence electrons. The molecule has 2 aromatic rings.